The van der Waals surface area contributed by atoms with Gasteiger partial charge in [-0.1, -0.05) is 48.5 Å². The molecular weight excluding hydrogens is 464 g/mol. The molecular formula is C22H19IN3P. The number of halogens is 1. The molecule has 0 fully saturated rings. The maximum absolute atomic E-state index is 5.23. The Kier molecular flexibility index (Phi) is 5.28. The lowest BCUT2D eigenvalue weighted by Crippen LogP contribution is -2.14. The van der Waals surface area contributed by atoms with Crippen LogP contribution in [0.3, 0.4) is 0 Å². The first-order valence-electron chi connectivity index (χ1n) is 8.67. The van der Waals surface area contributed by atoms with Crippen molar-refractivity contribution in [3.63, 3.8) is 0 Å². The minimum Gasteiger partial charge on any atom is -0.259 e. The van der Waals surface area contributed by atoms with E-state index in [1.807, 2.05) is 35.1 Å². The maximum Gasteiger partial charge on any atom is 0.0645 e. The van der Waals surface area contributed by atoms with E-state index < -0.39 is 7.05 Å². The van der Waals surface area contributed by atoms with Crippen LogP contribution in [0.4, 0.5) is 5.69 Å². The van der Waals surface area contributed by atoms with Crippen molar-refractivity contribution in [2.45, 2.75) is 0 Å². The van der Waals surface area contributed by atoms with E-state index in [0.717, 1.165) is 16.7 Å². The smallest absolute Gasteiger partial charge is 0.0645 e. The Labute approximate surface area is 173 Å². The molecule has 0 radical (unpaired) electrons. The molecule has 0 saturated heterocycles. The number of nitrogens with zero attached hydrogens (tertiary/aromatic N) is 3. The molecule has 1 heterocycles. The number of rotatable bonds is 4. The van der Waals surface area contributed by atoms with Crippen LogP contribution >= 0.6 is 29.6 Å². The summed E-state index contributed by atoms with van der Waals surface area (Å²) in [4.78, 5) is 0. The largest absolute Gasteiger partial charge is 0.259 e. The van der Waals surface area contributed by atoms with Crippen molar-refractivity contribution < 1.29 is 0 Å². The van der Waals surface area contributed by atoms with Crippen LogP contribution in [0.15, 0.2) is 102 Å². The second kappa shape index (κ2) is 7.83. The average molecular weight is 483 g/mol. The second-order valence-electron chi connectivity index (χ2n) is 6.35. The fraction of sp³-hybridized carbons (Fsp3) is 0.0455. The van der Waals surface area contributed by atoms with Crippen molar-refractivity contribution in [3.8, 4) is 5.69 Å². The van der Waals surface area contributed by atoms with Gasteiger partial charge >= 0.3 is 0 Å². The topological polar surface area (TPSA) is 30.2 Å². The fourth-order valence-corrected chi connectivity index (χ4v) is 5.83. The van der Waals surface area contributed by atoms with E-state index in [1.165, 1.54) is 8.87 Å². The Morgan fingerprint density at radius 2 is 1.44 bits per heavy atom. The van der Waals surface area contributed by atoms with Crippen LogP contribution in [-0.2, 0) is 0 Å². The number of hydrogen-bond acceptors (Lipinski definition) is 2. The molecule has 4 rings (SSSR count). The number of hydrogen-bond donors (Lipinski definition) is 0. The van der Waals surface area contributed by atoms with Crippen molar-refractivity contribution in [2.24, 2.45) is 4.74 Å². The van der Waals surface area contributed by atoms with E-state index in [9.17, 15) is 0 Å². The van der Waals surface area contributed by atoms with E-state index in [4.69, 9.17) is 4.74 Å². The molecule has 0 aliphatic carbocycles. The normalized spacial score (nSPS) is 13.1. The van der Waals surface area contributed by atoms with Gasteiger partial charge in [0.2, 0.25) is 0 Å². The van der Waals surface area contributed by atoms with Gasteiger partial charge in [-0.25, -0.2) is 4.68 Å². The summed E-state index contributed by atoms with van der Waals surface area (Å²) < 4.78 is 8.38. The van der Waals surface area contributed by atoms with Crippen LogP contribution in [-0.4, -0.2) is 16.4 Å². The van der Waals surface area contributed by atoms with Crippen LogP contribution in [0, 0.1) is 3.57 Å². The molecule has 0 unspecified atom stereocenters. The SMILES string of the molecule is C[P@](=Nc1ccc(I)cc1)(c1ccccc1)c1cnn(-c2ccccc2)c1. The Morgan fingerprint density at radius 1 is 0.815 bits per heavy atom. The van der Waals surface area contributed by atoms with E-state index in [-0.39, 0.29) is 0 Å². The van der Waals surface area contributed by atoms with Gasteiger partial charge in [0.15, 0.2) is 0 Å². The molecule has 0 aliphatic heterocycles. The van der Waals surface area contributed by atoms with Crippen LogP contribution in [0.1, 0.15) is 0 Å². The summed E-state index contributed by atoms with van der Waals surface area (Å²) in [7, 11) is -1.97. The molecule has 27 heavy (non-hydrogen) atoms. The standard InChI is InChI=1S/C22H19IN3P/c1-27(21-10-6-3-7-11-21,25-19-14-12-18(23)13-15-19)22-16-24-26(17-22)20-8-4-2-5-9-20/h2-17H,1H3/t27-/m0/s1. The van der Waals surface area contributed by atoms with Gasteiger partial charge in [-0.3, -0.25) is 4.74 Å². The summed E-state index contributed by atoms with van der Waals surface area (Å²) in [5.41, 5.74) is 2.06. The molecule has 0 amide bonds. The van der Waals surface area contributed by atoms with Crippen LogP contribution < -0.4 is 10.6 Å². The Hall–Kier alpha value is -2.17. The van der Waals surface area contributed by atoms with Crippen LogP contribution in [0.25, 0.3) is 5.69 Å². The van der Waals surface area contributed by atoms with Gasteiger partial charge in [0, 0.05) is 22.1 Å². The molecule has 0 saturated carbocycles. The third-order valence-corrected chi connectivity index (χ3v) is 8.38. The van der Waals surface area contributed by atoms with E-state index in [0.29, 0.717) is 0 Å². The molecule has 5 heteroatoms. The zero-order chi connectivity index (χ0) is 18.7. The number of para-hydroxylation sites is 1. The summed E-state index contributed by atoms with van der Waals surface area (Å²) in [6.07, 6.45) is 4.08. The van der Waals surface area contributed by atoms with Gasteiger partial charge in [0.05, 0.1) is 17.6 Å². The lowest BCUT2D eigenvalue weighted by Gasteiger charge is -2.19. The molecule has 3 nitrogen and oxygen atoms in total. The predicted octanol–water partition coefficient (Wildman–Crippen LogP) is 5.59. The van der Waals surface area contributed by atoms with E-state index in [2.05, 4.69) is 101 Å². The van der Waals surface area contributed by atoms with Crippen molar-refractivity contribution in [1.29, 1.82) is 0 Å². The minimum atomic E-state index is -1.97. The highest BCUT2D eigenvalue weighted by atomic mass is 127. The average Bonchev–Trinajstić information content (AvgIpc) is 3.22. The minimum absolute atomic E-state index is 1.00. The summed E-state index contributed by atoms with van der Waals surface area (Å²) in [6.45, 7) is 2.26. The Balaban J connectivity index is 1.87. The van der Waals surface area contributed by atoms with E-state index in [1.54, 1.807) is 0 Å². The van der Waals surface area contributed by atoms with Crippen LogP contribution in [0.5, 0.6) is 0 Å². The zero-order valence-corrected chi connectivity index (χ0v) is 18.0. The van der Waals surface area contributed by atoms with Gasteiger partial charge in [-0.05, 0) is 71.0 Å². The first-order chi connectivity index (χ1) is 13.1. The third-order valence-electron chi connectivity index (χ3n) is 4.49. The van der Waals surface area contributed by atoms with Gasteiger partial charge < -0.3 is 0 Å². The third kappa shape index (κ3) is 3.92. The summed E-state index contributed by atoms with van der Waals surface area (Å²) in [6, 6.07) is 29.1. The monoisotopic (exact) mass is 483 g/mol. The van der Waals surface area contributed by atoms with Gasteiger partial charge in [0.1, 0.15) is 0 Å². The fourth-order valence-electron chi connectivity index (χ4n) is 2.98. The summed E-state index contributed by atoms with van der Waals surface area (Å²) in [5, 5.41) is 7.03. The highest BCUT2D eigenvalue weighted by molar-refractivity contribution is 14.1. The zero-order valence-electron chi connectivity index (χ0n) is 14.9. The summed E-state index contributed by atoms with van der Waals surface area (Å²) in [5.74, 6) is 0. The highest BCUT2D eigenvalue weighted by Crippen LogP contribution is 2.46. The van der Waals surface area contributed by atoms with Crippen molar-refractivity contribution in [2.75, 3.05) is 6.66 Å². The quantitative estimate of drug-likeness (QED) is 0.275. The molecule has 0 spiro atoms. The lowest BCUT2D eigenvalue weighted by molar-refractivity contribution is 0.881. The van der Waals surface area contributed by atoms with Gasteiger partial charge in [-0.15, -0.1) is 0 Å². The highest BCUT2D eigenvalue weighted by Gasteiger charge is 2.21. The molecule has 0 bridgehead atoms. The van der Waals surface area contributed by atoms with Crippen molar-refractivity contribution in [1.82, 2.24) is 9.78 Å². The number of aromatic nitrogens is 2. The van der Waals surface area contributed by atoms with E-state index >= 15 is 0 Å². The van der Waals surface area contributed by atoms with Crippen LogP contribution in [0.2, 0.25) is 0 Å². The Bertz CT molecular complexity index is 1090. The first kappa shape index (κ1) is 18.2. The summed E-state index contributed by atoms with van der Waals surface area (Å²) >= 11 is 2.32. The maximum atomic E-state index is 5.23. The molecule has 3 aromatic carbocycles. The molecule has 134 valence electrons. The van der Waals surface area contributed by atoms with Gasteiger partial charge in [-0.2, -0.15) is 5.10 Å². The van der Waals surface area contributed by atoms with Crippen molar-refractivity contribution >= 4 is 45.9 Å². The van der Waals surface area contributed by atoms with Crippen molar-refractivity contribution in [3.05, 3.63) is 101 Å². The molecule has 1 aromatic heterocycles. The predicted molar refractivity (Wildman–Crippen MR) is 123 cm³/mol. The second-order valence-corrected chi connectivity index (χ2v) is 10.7. The first-order valence-corrected chi connectivity index (χ1v) is 11.9. The molecule has 0 N–H and O–H groups in total. The molecule has 0 aliphatic rings. The van der Waals surface area contributed by atoms with Gasteiger partial charge in [0.25, 0.3) is 0 Å². The molecule has 1 atom stereocenters. The lowest BCUT2D eigenvalue weighted by atomic mass is 10.3. The molecule has 4 aromatic rings. The Morgan fingerprint density at radius 3 is 2.11 bits per heavy atom. The number of benzene rings is 3.